The monoisotopic (exact) mass is 528 g/mol. The van der Waals surface area contributed by atoms with Crippen LogP contribution in [-0.4, -0.2) is 45.3 Å². The van der Waals surface area contributed by atoms with Gasteiger partial charge in [-0.3, -0.25) is 4.79 Å². The lowest BCUT2D eigenvalue weighted by Gasteiger charge is -2.19. The summed E-state index contributed by atoms with van der Waals surface area (Å²) in [6, 6.07) is 24.1. The van der Waals surface area contributed by atoms with E-state index < -0.39 is 0 Å². The highest BCUT2D eigenvalue weighted by atomic mass is 16.5. The van der Waals surface area contributed by atoms with E-state index in [0.29, 0.717) is 51.4 Å². The van der Waals surface area contributed by atoms with Gasteiger partial charge in [-0.25, -0.2) is 0 Å². The van der Waals surface area contributed by atoms with E-state index in [0.717, 1.165) is 44.8 Å². The largest absolute Gasteiger partial charge is 0.493 e. The van der Waals surface area contributed by atoms with Gasteiger partial charge in [-0.05, 0) is 53.4 Å². The van der Waals surface area contributed by atoms with Crippen LogP contribution in [0, 0.1) is 0 Å². The third-order valence-electron chi connectivity index (χ3n) is 6.54. The van der Waals surface area contributed by atoms with Crippen LogP contribution in [0.4, 0.5) is 0 Å². The number of carbonyl (C=O) groups excluding carboxylic acids is 2. The first-order chi connectivity index (χ1) is 19.1. The molecule has 0 saturated carbocycles. The number of Topliss-reactive ketones (excluding diaryl/α,β-unsaturated/α-hetero) is 1. The molecule has 39 heavy (non-hydrogen) atoms. The summed E-state index contributed by atoms with van der Waals surface area (Å²) in [5.41, 5.74) is 1.72. The van der Waals surface area contributed by atoms with E-state index in [9.17, 15) is 9.59 Å². The number of benzene rings is 4. The van der Waals surface area contributed by atoms with Crippen molar-refractivity contribution in [1.82, 2.24) is 0 Å². The topological polar surface area (TPSA) is 71.1 Å². The van der Waals surface area contributed by atoms with Crippen LogP contribution < -0.4 is 9.47 Å². The third kappa shape index (κ3) is 7.65. The molecule has 0 aliphatic heterocycles. The van der Waals surface area contributed by atoms with Crippen molar-refractivity contribution < 1.29 is 28.5 Å². The number of hydrogen-bond donors (Lipinski definition) is 0. The Morgan fingerprint density at radius 1 is 0.641 bits per heavy atom. The quantitative estimate of drug-likeness (QED) is 0.0927. The van der Waals surface area contributed by atoms with E-state index in [2.05, 4.69) is 24.3 Å². The SMILES string of the molecule is COCCOCCCOc1ccc2ccccc2c1-c1c(OC(=O)CCCCC(C)=O)ccc2ccccc12. The maximum atomic E-state index is 12.9. The van der Waals surface area contributed by atoms with Crippen LogP contribution in [0.15, 0.2) is 72.8 Å². The molecule has 0 bridgehead atoms. The molecule has 0 aliphatic rings. The smallest absolute Gasteiger partial charge is 0.311 e. The number of hydrogen-bond acceptors (Lipinski definition) is 6. The fraction of sp³-hybridized carbons (Fsp3) is 0.333. The number of methoxy groups -OCH3 is 1. The van der Waals surface area contributed by atoms with Gasteiger partial charge in [0.15, 0.2) is 0 Å². The molecule has 4 aromatic rings. The molecule has 0 aromatic heterocycles. The Morgan fingerprint density at radius 2 is 1.26 bits per heavy atom. The van der Waals surface area contributed by atoms with Gasteiger partial charge in [0.25, 0.3) is 0 Å². The molecule has 0 amide bonds. The highest BCUT2D eigenvalue weighted by Gasteiger charge is 2.20. The van der Waals surface area contributed by atoms with Gasteiger partial charge >= 0.3 is 5.97 Å². The molecule has 0 unspecified atom stereocenters. The molecular weight excluding hydrogens is 492 g/mol. The molecule has 0 aliphatic carbocycles. The zero-order valence-electron chi connectivity index (χ0n) is 22.7. The maximum Gasteiger partial charge on any atom is 0.311 e. The maximum absolute atomic E-state index is 12.9. The van der Waals surface area contributed by atoms with Crippen molar-refractivity contribution in [3.63, 3.8) is 0 Å². The third-order valence-corrected chi connectivity index (χ3v) is 6.54. The first kappa shape index (κ1) is 28.3. The van der Waals surface area contributed by atoms with Gasteiger partial charge in [-0.2, -0.15) is 0 Å². The van der Waals surface area contributed by atoms with E-state index in [1.54, 1.807) is 14.0 Å². The van der Waals surface area contributed by atoms with Gasteiger partial charge in [-0.1, -0.05) is 60.7 Å². The molecule has 6 nitrogen and oxygen atoms in total. The lowest BCUT2D eigenvalue weighted by Crippen LogP contribution is -2.09. The second-order valence-electron chi connectivity index (χ2n) is 9.51. The van der Waals surface area contributed by atoms with Gasteiger partial charge in [-0.15, -0.1) is 0 Å². The summed E-state index contributed by atoms with van der Waals surface area (Å²) in [6.07, 6.45) is 2.74. The predicted molar refractivity (Wildman–Crippen MR) is 154 cm³/mol. The van der Waals surface area contributed by atoms with Crippen molar-refractivity contribution in [2.24, 2.45) is 0 Å². The molecule has 0 N–H and O–H groups in total. The fourth-order valence-electron chi connectivity index (χ4n) is 4.63. The second kappa shape index (κ2) is 14.4. The van der Waals surface area contributed by atoms with Gasteiger partial charge in [0.2, 0.25) is 0 Å². The Bertz CT molecular complexity index is 1410. The van der Waals surface area contributed by atoms with Gasteiger partial charge in [0.1, 0.15) is 17.3 Å². The number of ketones is 1. The summed E-state index contributed by atoms with van der Waals surface area (Å²) in [7, 11) is 1.65. The standard InChI is InChI=1S/C33H36O6/c1-24(34)10-3-8-15-31(35)39-30-19-17-26-12-5-7-14-28(26)33(30)32-27-13-6-4-11-25(27)16-18-29(32)38-21-9-20-37-23-22-36-2/h4-7,11-14,16-19H,3,8-10,15,20-23H2,1-2H3. The summed E-state index contributed by atoms with van der Waals surface area (Å²) < 4.78 is 22.9. The van der Waals surface area contributed by atoms with E-state index >= 15 is 0 Å². The van der Waals surface area contributed by atoms with E-state index in [4.69, 9.17) is 18.9 Å². The van der Waals surface area contributed by atoms with E-state index in [1.165, 1.54) is 0 Å². The molecule has 4 rings (SSSR count). The molecule has 0 heterocycles. The number of esters is 1. The highest BCUT2D eigenvalue weighted by molar-refractivity contribution is 6.10. The Kier molecular flexibility index (Phi) is 10.5. The van der Waals surface area contributed by atoms with Gasteiger partial charge in [0, 0.05) is 44.1 Å². The Balaban J connectivity index is 1.69. The van der Waals surface area contributed by atoms with Crippen LogP contribution in [-0.2, 0) is 19.1 Å². The first-order valence-corrected chi connectivity index (χ1v) is 13.5. The molecule has 6 heteroatoms. The minimum atomic E-state index is -0.314. The zero-order chi connectivity index (χ0) is 27.5. The van der Waals surface area contributed by atoms with Crippen molar-refractivity contribution in [2.75, 3.05) is 33.5 Å². The zero-order valence-corrected chi connectivity index (χ0v) is 22.7. The molecule has 4 aromatic carbocycles. The predicted octanol–water partition coefficient (Wildman–Crippen LogP) is 7.15. The Hall–Kier alpha value is -3.74. The molecule has 0 radical (unpaired) electrons. The number of fused-ring (bicyclic) bond motifs is 2. The van der Waals surface area contributed by atoms with E-state index in [-0.39, 0.29) is 18.2 Å². The van der Waals surface area contributed by atoms with Crippen LogP contribution in [0.2, 0.25) is 0 Å². The van der Waals surface area contributed by atoms with Crippen molar-refractivity contribution in [2.45, 2.75) is 39.0 Å². The Morgan fingerprint density at radius 3 is 1.92 bits per heavy atom. The van der Waals surface area contributed by atoms with Crippen molar-refractivity contribution >= 4 is 33.3 Å². The second-order valence-corrected chi connectivity index (χ2v) is 9.51. The van der Waals surface area contributed by atoms with Crippen molar-refractivity contribution in [3.05, 3.63) is 72.8 Å². The lowest BCUT2D eigenvalue weighted by atomic mass is 9.92. The number of ether oxygens (including phenoxy) is 4. The minimum absolute atomic E-state index is 0.130. The minimum Gasteiger partial charge on any atom is -0.493 e. The summed E-state index contributed by atoms with van der Waals surface area (Å²) in [5.74, 6) is 1.03. The average molecular weight is 529 g/mol. The Labute approximate surface area is 229 Å². The van der Waals surface area contributed by atoms with Crippen LogP contribution in [0.3, 0.4) is 0 Å². The van der Waals surface area contributed by atoms with Crippen LogP contribution >= 0.6 is 0 Å². The van der Waals surface area contributed by atoms with Crippen molar-refractivity contribution in [1.29, 1.82) is 0 Å². The number of carbonyl (C=O) groups is 2. The normalized spacial score (nSPS) is 11.1. The van der Waals surface area contributed by atoms with Crippen LogP contribution in [0.25, 0.3) is 32.7 Å². The van der Waals surface area contributed by atoms with Crippen LogP contribution in [0.5, 0.6) is 11.5 Å². The van der Waals surface area contributed by atoms with E-state index in [1.807, 2.05) is 48.5 Å². The number of rotatable bonds is 15. The summed E-state index contributed by atoms with van der Waals surface area (Å²) in [4.78, 5) is 24.1. The number of unbranched alkanes of at least 4 members (excludes halogenated alkanes) is 1. The lowest BCUT2D eigenvalue weighted by molar-refractivity contribution is -0.134. The van der Waals surface area contributed by atoms with Crippen LogP contribution in [0.1, 0.15) is 39.0 Å². The fourth-order valence-corrected chi connectivity index (χ4v) is 4.63. The molecule has 0 atom stereocenters. The summed E-state index contributed by atoms with van der Waals surface area (Å²) in [5, 5.41) is 4.10. The molecule has 204 valence electrons. The molecule has 0 fully saturated rings. The average Bonchev–Trinajstić information content (AvgIpc) is 2.95. The summed E-state index contributed by atoms with van der Waals surface area (Å²) >= 11 is 0. The van der Waals surface area contributed by atoms with Gasteiger partial charge in [0.05, 0.1) is 19.8 Å². The molecule has 0 saturated heterocycles. The molecule has 0 spiro atoms. The first-order valence-electron chi connectivity index (χ1n) is 13.5. The molecular formula is C33H36O6. The summed E-state index contributed by atoms with van der Waals surface area (Å²) in [6.45, 7) is 3.74. The van der Waals surface area contributed by atoms with Crippen molar-refractivity contribution in [3.8, 4) is 22.6 Å². The highest BCUT2D eigenvalue weighted by Crippen LogP contribution is 2.45. The van der Waals surface area contributed by atoms with Gasteiger partial charge < -0.3 is 23.7 Å².